The fourth-order valence-electron chi connectivity index (χ4n) is 2.59. The van der Waals surface area contributed by atoms with Crippen molar-refractivity contribution in [2.24, 2.45) is 7.05 Å². The zero-order chi connectivity index (χ0) is 17.9. The first-order valence-corrected chi connectivity index (χ1v) is 8.31. The largest absolute Gasteiger partial charge is 0.336 e. The summed E-state index contributed by atoms with van der Waals surface area (Å²) in [5.41, 5.74) is 2.64. The lowest BCUT2D eigenvalue weighted by molar-refractivity contribution is 0.0734. The number of likely N-dealkylation sites (N-methyl/N-ethyl adjacent to an activating group) is 2. The number of carbonyl (C=O) groups excluding carboxylic acids is 1. The molecule has 0 spiro atoms. The van der Waals surface area contributed by atoms with Crippen molar-refractivity contribution in [3.63, 3.8) is 0 Å². The van der Waals surface area contributed by atoms with Crippen LogP contribution in [0.3, 0.4) is 0 Å². The van der Waals surface area contributed by atoms with Crippen molar-refractivity contribution in [2.75, 3.05) is 54.4 Å². The van der Waals surface area contributed by atoms with Crippen LogP contribution in [0.1, 0.15) is 16.2 Å². The maximum atomic E-state index is 13.0. The van der Waals surface area contributed by atoms with E-state index in [-0.39, 0.29) is 5.91 Å². The van der Waals surface area contributed by atoms with E-state index >= 15 is 0 Å². The summed E-state index contributed by atoms with van der Waals surface area (Å²) in [4.78, 5) is 23.6. The van der Waals surface area contributed by atoms with Crippen LogP contribution in [0, 0.1) is 6.92 Å². The summed E-state index contributed by atoms with van der Waals surface area (Å²) < 4.78 is 2.04. The molecule has 0 aliphatic carbocycles. The molecule has 2 aromatic rings. The summed E-state index contributed by atoms with van der Waals surface area (Å²) in [6.07, 6.45) is 0. The van der Waals surface area contributed by atoms with Crippen molar-refractivity contribution in [1.29, 1.82) is 0 Å². The Morgan fingerprint density at radius 2 is 1.62 bits per heavy atom. The van der Waals surface area contributed by atoms with Gasteiger partial charge in [0.25, 0.3) is 5.91 Å². The third-order valence-corrected chi connectivity index (χ3v) is 4.27. The Hall–Kier alpha value is -1.92. The highest BCUT2D eigenvalue weighted by molar-refractivity contribution is 5.97. The van der Waals surface area contributed by atoms with Crippen LogP contribution >= 0.6 is 0 Å². The first kappa shape index (κ1) is 18.4. The van der Waals surface area contributed by atoms with Gasteiger partial charge in [0, 0.05) is 38.8 Å². The molecule has 0 atom stereocenters. The minimum absolute atomic E-state index is 0.0731. The zero-order valence-electron chi connectivity index (χ0n) is 15.7. The minimum atomic E-state index is 0.0731. The van der Waals surface area contributed by atoms with E-state index in [9.17, 15) is 4.79 Å². The summed E-state index contributed by atoms with van der Waals surface area (Å²) in [5.74, 6) is 1.02. The predicted octanol–water partition coefficient (Wildman–Crippen LogP) is 1.45. The van der Waals surface area contributed by atoms with Crippen LogP contribution in [0.4, 0.5) is 0 Å². The monoisotopic (exact) mass is 331 g/mol. The van der Waals surface area contributed by atoms with Crippen LogP contribution in [-0.2, 0) is 7.05 Å². The molecule has 0 aliphatic heterocycles. The first-order chi connectivity index (χ1) is 11.3. The van der Waals surface area contributed by atoms with Crippen LogP contribution < -0.4 is 0 Å². The van der Waals surface area contributed by atoms with Gasteiger partial charge in [0.1, 0.15) is 5.82 Å². The van der Waals surface area contributed by atoms with Gasteiger partial charge in [-0.05, 0) is 53.3 Å². The first-order valence-electron chi connectivity index (χ1n) is 8.31. The Labute approximate surface area is 144 Å². The van der Waals surface area contributed by atoms with Gasteiger partial charge in [-0.15, -0.1) is 0 Å². The van der Waals surface area contributed by atoms with Gasteiger partial charge in [0.2, 0.25) is 0 Å². The smallest absolute Gasteiger partial charge is 0.254 e. The van der Waals surface area contributed by atoms with E-state index in [1.165, 1.54) is 0 Å². The average Bonchev–Trinajstić information content (AvgIpc) is 2.80. The van der Waals surface area contributed by atoms with Gasteiger partial charge in [-0.3, -0.25) is 4.79 Å². The molecule has 0 N–H and O–H groups in total. The van der Waals surface area contributed by atoms with Gasteiger partial charge in [-0.25, -0.2) is 4.98 Å². The molecule has 132 valence electrons. The highest BCUT2D eigenvalue weighted by Gasteiger charge is 2.17. The highest BCUT2D eigenvalue weighted by Crippen LogP contribution is 2.17. The van der Waals surface area contributed by atoms with Gasteiger partial charge in [0.05, 0.1) is 11.0 Å². The molecule has 0 bridgehead atoms. The van der Waals surface area contributed by atoms with Crippen molar-refractivity contribution < 1.29 is 4.79 Å². The normalized spacial score (nSPS) is 11.7. The van der Waals surface area contributed by atoms with Crippen molar-refractivity contribution in [3.8, 4) is 0 Å². The van der Waals surface area contributed by atoms with E-state index in [1.54, 1.807) is 0 Å². The fraction of sp³-hybridized carbons (Fsp3) is 0.556. The van der Waals surface area contributed by atoms with Crippen molar-refractivity contribution >= 4 is 16.9 Å². The number of aromatic nitrogens is 2. The molecule has 1 aromatic heterocycles. The van der Waals surface area contributed by atoms with Crippen LogP contribution in [0.15, 0.2) is 18.2 Å². The van der Waals surface area contributed by atoms with Crippen LogP contribution in [0.2, 0.25) is 0 Å². The molecule has 0 radical (unpaired) electrons. The lowest BCUT2D eigenvalue weighted by atomic mass is 10.1. The second-order valence-electron chi connectivity index (χ2n) is 6.82. The number of fused-ring (bicyclic) bond motifs is 1. The molecule has 2 rings (SSSR count). The zero-order valence-corrected chi connectivity index (χ0v) is 15.7. The highest BCUT2D eigenvalue weighted by atomic mass is 16.2. The van der Waals surface area contributed by atoms with Crippen molar-refractivity contribution in [2.45, 2.75) is 6.92 Å². The number of benzene rings is 1. The Morgan fingerprint density at radius 1 is 1.04 bits per heavy atom. The van der Waals surface area contributed by atoms with Gasteiger partial charge in [0.15, 0.2) is 0 Å². The molecule has 0 unspecified atom stereocenters. The van der Waals surface area contributed by atoms with Gasteiger partial charge in [-0.1, -0.05) is 0 Å². The summed E-state index contributed by atoms with van der Waals surface area (Å²) >= 11 is 0. The Balaban J connectivity index is 2.23. The van der Waals surface area contributed by atoms with E-state index in [4.69, 9.17) is 0 Å². The lowest BCUT2D eigenvalue weighted by Crippen LogP contribution is -2.40. The topological polar surface area (TPSA) is 44.6 Å². The number of amides is 1. The number of imidazole rings is 1. The molecular formula is C18H29N5O. The molecular weight excluding hydrogens is 302 g/mol. The third-order valence-electron chi connectivity index (χ3n) is 4.27. The number of hydrogen-bond acceptors (Lipinski definition) is 4. The quantitative estimate of drug-likeness (QED) is 0.770. The Bertz CT molecular complexity index is 693. The van der Waals surface area contributed by atoms with E-state index in [0.29, 0.717) is 5.56 Å². The van der Waals surface area contributed by atoms with Crippen molar-refractivity contribution in [1.82, 2.24) is 24.3 Å². The van der Waals surface area contributed by atoms with Crippen LogP contribution in [0.25, 0.3) is 11.0 Å². The van der Waals surface area contributed by atoms with E-state index in [0.717, 1.165) is 43.0 Å². The maximum Gasteiger partial charge on any atom is 0.254 e. The molecule has 6 heteroatoms. The number of rotatable bonds is 7. The van der Waals surface area contributed by atoms with Gasteiger partial charge >= 0.3 is 0 Å². The van der Waals surface area contributed by atoms with E-state index in [2.05, 4.69) is 14.8 Å². The molecule has 1 aromatic carbocycles. The minimum Gasteiger partial charge on any atom is -0.336 e. The number of carbonyl (C=O) groups is 1. The molecule has 0 aliphatic rings. The second kappa shape index (κ2) is 7.77. The van der Waals surface area contributed by atoms with Crippen molar-refractivity contribution in [3.05, 3.63) is 29.6 Å². The maximum absolute atomic E-state index is 13.0. The standard InChI is InChI=1S/C18H29N5O/c1-14-19-16-13-15(7-8-17(16)22(14)6)18(24)23(11-9-20(2)3)12-10-21(4)5/h7-8,13H,9-12H2,1-6H3. The summed E-state index contributed by atoms with van der Waals surface area (Å²) in [5, 5.41) is 0. The van der Waals surface area contributed by atoms with E-state index < -0.39 is 0 Å². The lowest BCUT2D eigenvalue weighted by Gasteiger charge is -2.26. The Morgan fingerprint density at radius 3 is 2.17 bits per heavy atom. The summed E-state index contributed by atoms with van der Waals surface area (Å²) in [7, 11) is 10.1. The Kier molecular flexibility index (Phi) is 5.96. The van der Waals surface area contributed by atoms with Gasteiger partial charge < -0.3 is 19.3 Å². The second-order valence-corrected chi connectivity index (χ2v) is 6.82. The van der Waals surface area contributed by atoms with Crippen LogP contribution in [0.5, 0.6) is 0 Å². The summed E-state index contributed by atoms with van der Waals surface area (Å²) in [6.45, 7) is 5.12. The number of nitrogens with zero attached hydrogens (tertiary/aromatic N) is 5. The molecule has 0 saturated heterocycles. The predicted molar refractivity (Wildman–Crippen MR) is 98.5 cm³/mol. The molecule has 0 fully saturated rings. The third kappa shape index (κ3) is 4.33. The number of aryl methyl sites for hydroxylation is 2. The number of hydrogen-bond donors (Lipinski definition) is 0. The molecule has 1 amide bonds. The van der Waals surface area contributed by atoms with Crippen LogP contribution in [-0.4, -0.2) is 84.5 Å². The summed E-state index contributed by atoms with van der Waals surface area (Å²) in [6, 6.07) is 5.80. The molecule has 0 saturated carbocycles. The molecule has 24 heavy (non-hydrogen) atoms. The van der Waals surface area contributed by atoms with Gasteiger partial charge in [-0.2, -0.15) is 0 Å². The fourth-order valence-corrected chi connectivity index (χ4v) is 2.59. The average molecular weight is 331 g/mol. The molecule has 1 heterocycles. The van der Waals surface area contributed by atoms with E-state index in [1.807, 2.05) is 69.8 Å². The SMILES string of the molecule is Cc1nc2cc(C(=O)N(CCN(C)C)CCN(C)C)ccc2n1C. The molecule has 6 nitrogen and oxygen atoms in total.